The Morgan fingerprint density at radius 1 is 1.14 bits per heavy atom. The molecule has 1 heterocycles. The van der Waals surface area contributed by atoms with Crippen LogP contribution in [0.1, 0.15) is 25.7 Å². The Morgan fingerprint density at radius 3 is 2.76 bits per heavy atom. The average Bonchev–Trinajstić information content (AvgIpc) is 3.07. The number of anilines is 1. The van der Waals surface area contributed by atoms with Gasteiger partial charge in [-0.25, -0.2) is 8.42 Å². The second kappa shape index (κ2) is 8.07. The summed E-state index contributed by atoms with van der Waals surface area (Å²) in [6.07, 6.45) is 5.26. The second-order valence-electron chi connectivity index (χ2n) is 7.23. The van der Waals surface area contributed by atoms with Gasteiger partial charge in [0.1, 0.15) is 11.9 Å². The fourth-order valence-electron chi connectivity index (χ4n) is 3.65. The lowest BCUT2D eigenvalue weighted by Crippen LogP contribution is -2.33. The Kier molecular flexibility index (Phi) is 5.66. The number of halogens is 2. The minimum Gasteiger partial charge on any atom is -0.490 e. The van der Waals surface area contributed by atoms with Crippen molar-refractivity contribution in [2.24, 2.45) is 5.73 Å². The van der Waals surface area contributed by atoms with Crippen molar-refractivity contribution < 1.29 is 13.2 Å². The van der Waals surface area contributed by atoms with Crippen LogP contribution >= 0.6 is 23.2 Å². The molecule has 1 aliphatic carbocycles. The molecule has 0 aliphatic heterocycles. The maximum atomic E-state index is 13.0. The Morgan fingerprint density at radius 2 is 1.97 bits per heavy atom. The van der Waals surface area contributed by atoms with Crippen LogP contribution in [0.15, 0.2) is 47.5 Å². The van der Waals surface area contributed by atoms with Crippen LogP contribution in [0.3, 0.4) is 0 Å². The highest BCUT2D eigenvalue weighted by Gasteiger charge is 2.22. The zero-order valence-corrected chi connectivity index (χ0v) is 17.8. The number of fused-ring (bicyclic) bond motifs is 1. The minimum absolute atomic E-state index is 0.00149. The zero-order valence-electron chi connectivity index (χ0n) is 15.5. The van der Waals surface area contributed by atoms with Crippen molar-refractivity contribution in [3.63, 3.8) is 0 Å². The van der Waals surface area contributed by atoms with Crippen molar-refractivity contribution in [3.05, 3.63) is 52.6 Å². The third-order valence-corrected chi connectivity index (χ3v) is 7.04. The second-order valence-corrected chi connectivity index (χ2v) is 9.73. The van der Waals surface area contributed by atoms with Crippen LogP contribution in [0, 0.1) is 0 Å². The number of aromatic nitrogens is 1. The fraction of sp³-hybridized carbons (Fsp3) is 0.300. The van der Waals surface area contributed by atoms with Gasteiger partial charge in [0, 0.05) is 23.7 Å². The molecule has 0 saturated heterocycles. The van der Waals surface area contributed by atoms with Crippen molar-refractivity contribution in [3.8, 4) is 5.75 Å². The van der Waals surface area contributed by atoms with E-state index in [1.54, 1.807) is 30.5 Å². The summed E-state index contributed by atoms with van der Waals surface area (Å²) in [4.78, 5) is 3.07. The molecule has 1 aromatic heterocycles. The van der Waals surface area contributed by atoms with E-state index in [1.807, 2.05) is 0 Å². The molecule has 6 nitrogen and oxygen atoms in total. The number of hydrogen-bond donors (Lipinski definition) is 3. The Hall–Kier alpha value is -1.93. The fourth-order valence-corrected chi connectivity index (χ4v) is 5.32. The quantitative estimate of drug-likeness (QED) is 0.510. The van der Waals surface area contributed by atoms with Crippen LogP contribution in [-0.4, -0.2) is 25.5 Å². The molecule has 9 heteroatoms. The first-order valence-corrected chi connectivity index (χ1v) is 11.6. The Bertz CT molecular complexity index is 1150. The average molecular weight is 454 g/mol. The number of nitrogens with one attached hydrogen (secondary N) is 2. The molecule has 0 spiro atoms. The molecule has 2 aromatic carbocycles. The first-order chi connectivity index (χ1) is 13.8. The number of H-pyrrole nitrogens is 1. The van der Waals surface area contributed by atoms with Gasteiger partial charge in [0.25, 0.3) is 10.0 Å². The van der Waals surface area contributed by atoms with Crippen molar-refractivity contribution in [2.75, 3.05) is 4.72 Å². The topological polar surface area (TPSA) is 97.2 Å². The van der Waals surface area contributed by atoms with Crippen LogP contribution in [0.2, 0.25) is 10.0 Å². The molecule has 4 rings (SSSR count). The molecule has 1 fully saturated rings. The van der Waals surface area contributed by atoms with Gasteiger partial charge in [0.15, 0.2) is 0 Å². The molecule has 3 aromatic rings. The minimum atomic E-state index is -3.84. The Balaban J connectivity index is 1.59. The van der Waals surface area contributed by atoms with Crippen LogP contribution in [-0.2, 0) is 10.0 Å². The van der Waals surface area contributed by atoms with Gasteiger partial charge in [0.2, 0.25) is 0 Å². The highest BCUT2D eigenvalue weighted by molar-refractivity contribution is 7.92. The van der Waals surface area contributed by atoms with E-state index in [9.17, 15) is 8.42 Å². The molecule has 29 heavy (non-hydrogen) atoms. The highest BCUT2D eigenvalue weighted by atomic mass is 35.5. The summed E-state index contributed by atoms with van der Waals surface area (Å²) in [7, 11) is -3.84. The predicted molar refractivity (Wildman–Crippen MR) is 116 cm³/mol. The number of sulfonamides is 1. The van der Waals surface area contributed by atoms with Gasteiger partial charge in [-0.1, -0.05) is 29.3 Å². The van der Waals surface area contributed by atoms with Gasteiger partial charge in [-0.15, -0.1) is 0 Å². The van der Waals surface area contributed by atoms with E-state index < -0.39 is 10.0 Å². The van der Waals surface area contributed by atoms with Crippen LogP contribution in [0.4, 0.5) is 5.69 Å². The zero-order chi connectivity index (χ0) is 20.6. The van der Waals surface area contributed by atoms with E-state index in [4.69, 9.17) is 33.7 Å². The van der Waals surface area contributed by atoms with E-state index in [1.165, 1.54) is 12.1 Å². The van der Waals surface area contributed by atoms with E-state index in [-0.39, 0.29) is 17.0 Å². The maximum Gasteiger partial charge on any atom is 0.262 e. The van der Waals surface area contributed by atoms with E-state index in [2.05, 4.69) is 9.71 Å². The summed E-state index contributed by atoms with van der Waals surface area (Å²) < 4.78 is 34.5. The van der Waals surface area contributed by atoms with Crippen molar-refractivity contribution in [1.29, 1.82) is 0 Å². The van der Waals surface area contributed by atoms with Gasteiger partial charge in [-0.2, -0.15) is 0 Å². The largest absolute Gasteiger partial charge is 0.490 e. The maximum absolute atomic E-state index is 13.0. The number of nitrogens with two attached hydrogens (primary N) is 1. The normalized spacial score (nSPS) is 20.0. The standard InChI is InChI=1S/C20H21Cl2N3O3S/c21-16-7-8-18(20-19(16)17(22)11-24-20)25-29(26,27)15-6-2-5-14(10-15)28-13-4-1-3-12(23)9-13/h2,5-8,10-13,24-25H,1,3-4,9,23H2/t12-,13-/m1/s1. The molecule has 0 bridgehead atoms. The van der Waals surface area contributed by atoms with E-state index in [0.717, 1.165) is 25.7 Å². The lowest BCUT2D eigenvalue weighted by Gasteiger charge is -2.27. The van der Waals surface area contributed by atoms with Gasteiger partial charge >= 0.3 is 0 Å². The molecule has 4 N–H and O–H groups in total. The summed E-state index contributed by atoms with van der Waals surface area (Å²) in [5, 5.41) is 1.43. The number of hydrogen-bond acceptors (Lipinski definition) is 4. The molecule has 0 unspecified atom stereocenters. The first kappa shape index (κ1) is 20.3. The van der Waals surface area contributed by atoms with Crippen molar-refractivity contribution in [2.45, 2.75) is 42.7 Å². The summed E-state index contributed by atoms with van der Waals surface area (Å²) in [5.74, 6) is 0.510. The monoisotopic (exact) mass is 453 g/mol. The van der Waals surface area contributed by atoms with Gasteiger partial charge in [0.05, 0.1) is 26.1 Å². The van der Waals surface area contributed by atoms with Gasteiger partial charge < -0.3 is 15.5 Å². The smallest absolute Gasteiger partial charge is 0.262 e. The van der Waals surface area contributed by atoms with Crippen LogP contribution in [0.5, 0.6) is 5.75 Å². The highest BCUT2D eigenvalue weighted by Crippen LogP contribution is 2.35. The third-order valence-electron chi connectivity index (χ3n) is 5.07. The van der Waals surface area contributed by atoms with E-state index in [0.29, 0.717) is 32.4 Å². The third kappa shape index (κ3) is 4.33. The Labute approximate surface area is 179 Å². The molecule has 2 atom stereocenters. The molecule has 0 radical (unpaired) electrons. The first-order valence-electron chi connectivity index (χ1n) is 9.34. The number of aromatic amines is 1. The lowest BCUT2D eigenvalue weighted by atomic mass is 9.93. The number of rotatable bonds is 5. The predicted octanol–water partition coefficient (Wildman–Crippen LogP) is 4.92. The van der Waals surface area contributed by atoms with Crippen molar-refractivity contribution in [1.82, 2.24) is 4.98 Å². The molecule has 154 valence electrons. The summed E-state index contributed by atoms with van der Waals surface area (Å²) in [6, 6.07) is 9.79. The molecular weight excluding hydrogens is 433 g/mol. The summed E-state index contributed by atoms with van der Waals surface area (Å²) in [6.45, 7) is 0. The number of ether oxygens (including phenoxy) is 1. The molecule has 1 aliphatic rings. The van der Waals surface area contributed by atoms with Gasteiger partial charge in [-0.05, 0) is 49.9 Å². The molecule has 0 amide bonds. The lowest BCUT2D eigenvalue weighted by molar-refractivity contribution is 0.144. The number of benzene rings is 2. The molecular formula is C20H21Cl2N3O3S. The summed E-state index contributed by atoms with van der Waals surface area (Å²) >= 11 is 12.3. The molecule has 1 saturated carbocycles. The summed E-state index contributed by atoms with van der Waals surface area (Å²) in [5.41, 5.74) is 6.90. The van der Waals surface area contributed by atoms with Crippen molar-refractivity contribution >= 4 is 49.8 Å². The SMILES string of the molecule is N[C@@H]1CCC[C@@H](Oc2cccc(S(=O)(=O)Nc3ccc(Cl)c4c(Cl)c[nH]c34)c2)C1. The van der Waals surface area contributed by atoms with Crippen LogP contribution in [0.25, 0.3) is 10.9 Å². The van der Waals surface area contributed by atoms with E-state index >= 15 is 0 Å². The van der Waals surface area contributed by atoms with Gasteiger partial charge in [-0.3, -0.25) is 4.72 Å². The van der Waals surface area contributed by atoms with Crippen LogP contribution < -0.4 is 15.2 Å².